The van der Waals surface area contributed by atoms with Gasteiger partial charge < -0.3 is 9.64 Å². The highest BCUT2D eigenvalue weighted by Crippen LogP contribution is 2.13. The number of likely N-dealkylation sites (N-methyl/N-ethyl adjacent to an activating group) is 1. The van der Waals surface area contributed by atoms with Crippen molar-refractivity contribution in [3.63, 3.8) is 0 Å². The Bertz CT molecular complexity index is 284. The number of nitrogens with zero attached hydrogens (tertiary/aromatic N) is 3. The number of hydrogen-bond acceptors (Lipinski definition) is 4. The van der Waals surface area contributed by atoms with Crippen LogP contribution in [0, 0.1) is 6.92 Å². The summed E-state index contributed by atoms with van der Waals surface area (Å²) in [7, 11) is 4.01. The number of rotatable bonds is 4. The molecule has 0 aliphatic heterocycles. The highest BCUT2D eigenvalue weighted by Gasteiger charge is 2.00. The van der Waals surface area contributed by atoms with Crippen molar-refractivity contribution in [1.29, 1.82) is 0 Å². The summed E-state index contributed by atoms with van der Waals surface area (Å²) in [5, 5.41) is 0. The van der Waals surface area contributed by atoms with Gasteiger partial charge in [0.15, 0.2) is 0 Å². The third-order valence-corrected chi connectivity index (χ3v) is 1.98. The average molecular weight is 260 g/mol. The minimum atomic E-state index is 0.617. The molecule has 0 aliphatic carbocycles. The fraction of sp³-hybridized carbons (Fsp3) is 0.556. The maximum Gasteiger partial charge on any atom is 0.217 e. The third-order valence-electron chi connectivity index (χ3n) is 1.57. The lowest BCUT2D eigenvalue weighted by molar-refractivity contribution is 0.253. The van der Waals surface area contributed by atoms with Crippen LogP contribution in [0.2, 0.25) is 0 Å². The highest BCUT2D eigenvalue weighted by atomic mass is 79.9. The van der Waals surface area contributed by atoms with E-state index in [0.29, 0.717) is 18.3 Å². The van der Waals surface area contributed by atoms with Gasteiger partial charge in [0.05, 0.1) is 0 Å². The molecule has 0 radical (unpaired) electrons. The first kappa shape index (κ1) is 11.4. The molecule has 0 saturated carbocycles. The number of halogens is 1. The van der Waals surface area contributed by atoms with Gasteiger partial charge in [0.2, 0.25) is 5.88 Å². The van der Waals surface area contributed by atoms with Crippen molar-refractivity contribution in [2.75, 3.05) is 27.2 Å². The predicted octanol–water partition coefficient (Wildman–Crippen LogP) is 1.49. The zero-order valence-corrected chi connectivity index (χ0v) is 10.2. The standard InChI is InChI=1S/C9H14BrN3O/c1-7-11-8(10)6-9(12-7)14-5-4-13(2)3/h6H,4-5H2,1-3H3. The highest BCUT2D eigenvalue weighted by molar-refractivity contribution is 9.10. The van der Waals surface area contributed by atoms with Gasteiger partial charge in [0.25, 0.3) is 0 Å². The van der Waals surface area contributed by atoms with E-state index in [9.17, 15) is 0 Å². The lowest BCUT2D eigenvalue weighted by Crippen LogP contribution is -2.19. The van der Waals surface area contributed by atoms with Crippen molar-refractivity contribution in [2.24, 2.45) is 0 Å². The van der Waals surface area contributed by atoms with Crippen molar-refractivity contribution in [3.8, 4) is 5.88 Å². The summed E-state index contributed by atoms with van der Waals surface area (Å²) in [5.41, 5.74) is 0. The molecule has 1 heterocycles. The Hall–Kier alpha value is -0.680. The predicted molar refractivity (Wildman–Crippen MR) is 58.5 cm³/mol. The van der Waals surface area contributed by atoms with Crippen LogP contribution in [0.1, 0.15) is 5.82 Å². The van der Waals surface area contributed by atoms with Gasteiger partial charge in [-0.1, -0.05) is 0 Å². The average Bonchev–Trinajstić information content (AvgIpc) is 2.01. The maximum absolute atomic E-state index is 5.46. The molecule has 0 bridgehead atoms. The Morgan fingerprint density at radius 1 is 1.43 bits per heavy atom. The summed E-state index contributed by atoms with van der Waals surface area (Å²) in [6.45, 7) is 3.35. The van der Waals surface area contributed by atoms with Crippen molar-refractivity contribution in [3.05, 3.63) is 16.5 Å². The van der Waals surface area contributed by atoms with Crippen molar-refractivity contribution < 1.29 is 4.74 Å². The summed E-state index contributed by atoms with van der Waals surface area (Å²) in [4.78, 5) is 10.3. The Labute approximate surface area is 92.4 Å². The number of hydrogen-bond donors (Lipinski definition) is 0. The molecule has 0 spiro atoms. The second kappa shape index (κ2) is 5.26. The van der Waals surface area contributed by atoms with Crippen LogP contribution in [0.3, 0.4) is 0 Å². The number of aryl methyl sites for hydroxylation is 1. The zero-order valence-electron chi connectivity index (χ0n) is 8.62. The molecule has 14 heavy (non-hydrogen) atoms. The smallest absolute Gasteiger partial charge is 0.217 e. The van der Waals surface area contributed by atoms with E-state index in [4.69, 9.17) is 4.74 Å². The van der Waals surface area contributed by atoms with E-state index in [2.05, 4.69) is 30.8 Å². The molecule has 0 aromatic carbocycles. The molecular formula is C9H14BrN3O. The van der Waals surface area contributed by atoms with Crippen LogP contribution in [0.5, 0.6) is 5.88 Å². The van der Waals surface area contributed by atoms with E-state index >= 15 is 0 Å². The quantitative estimate of drug-likeness (QED) is 0.769. The second-order valence-electron chi connectivity index (χ2n) is 3.23. The van der Waals surface area contributed by atoms with Crippen LogP contribution < -0.4 is 4.74 Å². The van der Waals surface area contributed by atoms with E-state index in [0.717, 1.165) is 11.1 Å². The SMILES string of the molecule is Cc1nc(Br)cc(OCCN(C)C)n1. The van der Waals surface area contributed by atoms with E-state index in [-0.39, 0.29) is 0 Å². The number of ether oxygens (including phenoxy) is 1. The van der Waals surface area contributed by atoms with Crippen LogP contribution in [0.4, 0.5) is 0 Å². The molecule has 1 rings (SSSR count). The summed E-state index contributed by atoms with van der Waals surface area (Å²) >= 11 is 3.29. The van der Waals surface area contributed by atoms with Gasteiger partial charge in [-0.2, -0.15) is 4.98 Å². The molecule has 0 aliphatic rings. The fourth-order valence-corrected chi connectivity index (χ4v) is 1.36. The van der Waals surface area contributed by atoms with Gasteiger partial charge in [-0.3, -0.25) is 0 Å². The summed E-state index contributed by atoms with van der Waals surface area (Å²) in [6, 6.07) is 1.77. The van der Waals surface area contributed by atoms with Crippen LogP contribution in [-0.4, -0.2) is 42.1 Å². The summed E-state index contributed by atoms with van der Waals surface area (Å²) < 4.78 is 6.21. The van der Waals surface area contributed by atoms with Gasteiger partial charge in [-0.15, -0.1) is 0 Å². The lowest BCUT2D eigenvalue weighted by atomic mass is 10.5. The zero-order chi connectivity index (χ0) is 10.6. The van der Waals surface area contributed by atoms with E-state index in [1.807, 2.05) is 21.0 Å². The first-order valence-corrected chi connectivity index (χ1v) is 5.16. The Kier molecular flexibility index (Phi) is 4.28. The first-order chi connectivity index (χ1) is 6.58. The maximum atomic E-state index is 5.46. The Balaban J connectivity index is 2.50. The molecular weight excluding hydrogens is 246 g/mol. The van der Waals surface area contributed by atoms with Gasteiger partial charge in [0.1, 0.15) is 17.0 Å². The minimum absolute atomic E-state index is 0.617. The molecule has 0 saturated heterocycles. The Morgan fingerprint density at radius 3 is 2.71 bits per heavy atom. The van der Waals surface area contributed by atoms with Crippen LogP contribution in [0.15, 0.2) is 10.7 Å². The van der Waals surface area contributed by atoms with Crippen LogP contribution >= 0.6 is 15.9 Å². The van der Waals surface area contributed by atoms with Crippen LogP contribution in [0.25, 0.3) is 0 Å². The van der Waals surface area contributed by atoms with Gasteiger partial charge in [0, 0.05) is 12.6 Å². The van der Waals surface area contributed by atoms with Crippen molar-refractivity contribution >= 4 is 15.9 Å². The van der Waals surface area contributed by atoms with Crippen molar-refractivity contribution in [2.45, 2.75) is 6.92 Å². The molecule has 1 aromatic heterocycles. The minimum Gasteiger partial charge on any atom is -0.476 e. The van der Waals surface area contributed by atoms with Gasteiger partial charge >= 0.3 is 0 Å². The van der Waals surface area contributed by atoms with Gasteiger partial charge in [-0.25, -0.2) is 4.98 Å². The van der Waals surface area contributed by atoms with Crippen LogP contribution in [-0.2, 0) is 0 Å². The second-order valence-corrected chi connectivity index (χ2v) is 4.04. The van der Waals surface area contributed by atoms with Crippen molar-refractivity contribution in [1.82, 2.24) is 14.9 Å². The fourth-order valence-electron chi connectivity index (χ4n) is 0.912. The monoisotopic (exact) mass is 259 g/mol. The van der Waals surface area contributed by atoms with E-state index < -0.39 is 0 Å². The molecule has 78 valence electrons. The molecule has 4 nitrogen and oxygen atoms in total. The molecule has 0 amide bonds. The topological polar surface area (TPSA) is 38.2 Å². The molecule has 5 heteroatoms. The van der Waals surface area contributed by atoms with Gasteiger partial charge in [-0.05, 0) is 36.9 Å². The first-order valence-electron chi connectivity index (χ1n) is 4.36. The van der Waals surface area contributed by atoms with E-state index in [1.165, 1.54) is 0 Å². The summed E-state index contributed by atoms with van der Waals surface area (Å²) in [5.74, 6) is 1.32. The molecule has 0 atom stereocenters. The summed E-state index contributed by atoms with van der Waals surface area (Å²) in [6.07, 6.45) is 0. The third kappa shape index (κ3) is 4.02. The lowest BCUT2D eigenvalue weighted by Gasteiger charge is -2.10. The molecule has 0 fully saturated rings. The normalized spacial score (nSPS) is 10.6. The largest absolute Gasteiger partial charge is 0.476 e. The number of aromatic nitrogens is 2. The molecule has 1 aromatic rings. The van der Waals surface area contributed by atoms with E-state index in [1.54, 1.807) is 6.07 Å². The molecule has 0 unspecified atom stereocenters. The Morgan fingerprint density at radius 2 is 2.14 bits per heavy atom. The molecule has 0 N–H and O–H groups in total.